The average molecular weight is 307 g/mol. The van der Waals surface area contributed by atoms with E-state index in [1.165, 1.54) is 17.0 Å². The lowest BCUT2D eigenvalue weighted by Gasteiger charge is -2.24. The smallest absolute Gasteiger partial charge is 0.190 e. The summed E-state index contributed by atoms with van der Waals surface area (Å²) in [6, 6.07) is 5.74. The molecule has 0 bridgehead atoms. The van der Waals surface area contributed by atoms with Crippen LogP contribution >= 0.6 is 0 Å². The predicted octanol–water partition coefficient (Wildman–Crippen LogP) is 0.759. The van der Waals surface area contributed by atoms with Gasteiger partial charge < -0.3 is 14.5 Å². The molecule has 1 N–H and O–H groups in total. The zero-order chi connectivity index (χ0) is 15.9. The van der Waals surface area contributed by atoms with Gasteiger partial charge >= 0.3 is 0 Å². The highest BCUT2D eigenvalue weighted by atomic mass is 19.1. The van der Waals surface area contributed by atoms with Gasteiger partial charge in [-0.25, -0.2) is 4.39 Å². The number of ketones is 1. The minimum atomic E-state index is -0.326. The molecule has 1 fully saturated rings. The number of hydrogen-bond acceptors (Lipinski definition) is 3. The van der Waals surface area contributed by atoms with Gasteiger partial charge in [0.25, 0.3) is 0 Å². The third-order valence-corrected chi connectivity index (χ3v) is 3.76. The maximum absolute atomic E-state index is 13.0. The van der Waals surface area contributed by atoms with Crippen LogP contribution in [0.15, 0.2) is 36.0 Å². The van der Waals surface area contributed by atoms with Crippen LogP contribution in [0.1, 0.15) is 16.8 Å². The Morgan fingerprint density at radius 3 is 2.50 bits per heavy atom. The summed E-state index contributed by atoms with van der Waals surface area (Å²) in [7, 11) is 3.80. The number of hydrogen-bond donors (Lipinski definition) is 1. The van der Waals surface area contributed by atoms with E-state index in [1.54, 1.807) is 12.1 Å². The fraction of sp³-hybridized carbons (Fsp3) is 0.471. The van der Waals surface area contributed by atoms with E-state index in [4.69, 9.17) is 4.74 Å². The van der Waals surface area contributed by atoms with E-state index in [1.807, 2.05) is 25.2 Å². The molecule has 0 saturated carbocycles. The molecule has 0 aromatic heterocycles. The molecule has 4 nitrogen and oxygen atoms in total. The second-order valence-electron chi connectivity index (χ2n) is 5.82. The van der Waals surface area contributed by atoms with Crippen LogP contribution in [0.3, 0.4) is 0 Å². The fourth-order valence-corrected chi connectivity index (χ4v) is 2.56. The van der Waals surface area contributed by atoms with E-state index in [2.05, 4.69) is 0 Å². The van der Waals surface area contributed by atoms with Crippen LogP contribution in [-0.4, -0.2) is 57.6 Å². The van der Waals surface area contributed by atoms with Crippen molar-refractivity contribution >= 4 is 5.78 Å². The van der Waals surface area contributed by atoms with E-state index in [0.717, 1.165) is 38.4 Å². The molecule has 1 aliphatic rings. The number of nitrogens with one attached hydrogen (secondary N) is 1. The largest absolute Gasteiger partial charge is 0.383 e. The second kappa shape index (κ2) is 8.06. The topological polar surface area (TPSA) is 34.0 Å². The van der Waals surface area contributed by atoms with Crippen LogP contribution in [0.2, 0.25) is 0 Å². The zero-order valence-electron chi connectivity index (χ0n) is 13.3. The number of morpholine rings is 1. The highest BCUT2D eigenvalue weighted by Crippen LogP contribution is 2.12. The first kappa shape index (κ1) is 16.6. The molecule has 120 valence electrons. The van der Waals surface area contributed by atoms with Crippen molar-refractivity contribution in [2.24, 2.45) is 0 Å². The number of nitrogens with zero attached hydrogens (tertiary/aromatic N) is 1. The van der Waals surface area contributed by atoms with Gasteiger partial charge in [-0.1, -0.05) is 0 Å². The van der Waals surface area contributed by atoms with Crippen molar-refractivity contribution in [2.45, 2.75) is 6.42 Å². The summed E-state index contributed by atoms with van der Waals surface area (Å²) in [4.78, 5) is 16.0. The summed E-state index contributed by atoms with van der Waals surface area (Å²) in [6.07, 6.45) is 2.58. The van der Waals surface area contributed by atoms with E-state index in [0.29, 0.717) is 12.0 Å². The van der Waals surface area contributed by atoms with Crippen LogP contribution < -0.4 is 4.90 Å². The average Bonchev–Trinajstić information content (AvgIpc) is 2.52. The molecule has 1 aromatic rings. The van der Waals surface area contributed by atoms with Crippen molar-refractivity contribution in [1.82, 2.24) is 4.90 Å². The summed E-state index contributed by atoms with van der Waals surface area (Å²) in [5.74, 6) is -0.353. The van der Waals surface area contributed by atoms with Crippen molar-refractivity contribution in [2.75, 3.05) is 46.9 Å². The molecular weight excluding hydrogens is 283 g/mol. The first-order chi connectivity index (χ1) is 10.6. The van der Waals surface area contributed by atoms with Crippen LogP contribution in [-0.2, 0) is 4.74 Å². The van der Waals surface area contributed by atoms with Crippen molar-refractivity contribution in [3.63, 3.8) is 0 Å². The molecule has 0 unspecified atom stereocenters. The SMILES string of the molecule is CN(C)/C=C(\CC[NH+]1CCOCC1)C(=O)c1ccc(F)cc1. The number of benzene rings is 1. The normalized spacial score (nSPS) is 16.6. The first-order valence-electron chi connectivity index (χ1n) is 7.65. The molecule has 2 rings (SSSR count). The summed E-state index contributed by atoms with van der Waals surface area (Å²) < 4.78 is 18.4. The standard InChI is InChI=1S/C17H23FN2O2/c1-19(2)13-15(7-8-20-9-11-22-12-10-20)17(21)14-3-5-16(18)6-4-14/h3-6,13H,7-12H2,1-2H3/p+1/b15-13+. The molecule has 1 saturated heterocycles. The maximum Gasteiger partial charge on any atom is 0.190 e. The van der Waals surface area contributed by atoms with E-state index in [-0.39, 0.29) is 11.6 Å². The minimum absolute atomic E-state index is 0.0265. The van der Waals surface area contributed by atoms with Crippen molar-refractivity contribution in [1.29, 1.82) is 0 Å². The molecule has 1 aliphatic heterocycles. The van der Waals surface area contributed by atoms with Crippen molar-refractivity contribution in [3.05, 3.63) is 47.4 Å². The maximum atomic E-state index is 13.0. The van der Waals surface area contributed by atoms with Crippen LogP contribution in [0.4, 0.5) is 4.39 Å². The molecule has 0 atom stereocenters. The number of Topliss-reactive ketones (excluding diaryl/α,β-unsaturated/α-hetero) is 1. The van der Waals surface area contributed by atoms with E-state index in [9.17, 15) is 9.18 Å². The van der Waals surface area contributed by atoms with Gasteiger partial charge in [0.05, 0.1) is 19.8 Å². The Hall–Kier alpha value is -1.72. The Morgan fingerprint density at radius 1 is 1.27 bits per heavy atom. The third kappa shape index (κ3) is 4.93. The first-order valence-corrected chi connectivity index (χ1v) is 7.65. The van der Waals surface area contributed by atoms with E-state index < -0.39 is 0 Å². The van der Waals surface area contributed by atoms with Crippen molar-refractivity contribution in [3.8, 4) is 0 Å². The van der Waals surface area contributed by atoms with Gasteiger partial charge in [0.2, 0.25) is 0 Å². The summed E-state index contributed by atoms with van der Waals surface area (Å²) in [5, 5.41) is 0. The molecule has 0 spiro atoms. The summed E-state index contributed by atoms with van der Waals surface area (Å²) in [6.45, 7) is 4.46. The van der Waals surface area contributed by atoms with Crippen LogP contribution in [0.25, 0.3) is 0 Å². The molecule has 0 amide bonds. The lowest BCUT2D eigenvalue weighted by atomic mass is 10.0. The lowest BCUT2D eigenvalue weighted by molar-refractivity contribution is -0.907. The molecule has 0 radical (unpaired) electrons. The zero-order valence-corrected chi connectivity index (χ0v) is 13.3. The fourth-order valence-electron chi connectivity index (χ4n) is 2.56. The highest BCUT2D eigenvalue weighted by Gasteiger charge is 2.18. The Bertz CT molecular complexity index is 520. The minimum Gasteiger partial charge on any atom is -0.383 e. The van der Waals surface area contributed by atoms with Gasteiger partial charge in [0.1, 0.15) is 18.9 Å². The van der Waals surface area contributed by atoms with Crippen molar-refractivity contribution < 1.29 is 18.8 Å². The van der Waals surface area contributed by atoms with Gasteiger partial charge in [-0.3, -0.25) is 4.79 Å². The summed E-state index contributed by atoms with van der Waals surface area (Å²) >= 11 is 0. The molecule has 1 aromatic carbocycles. The molecule has 5 heteroatoms. The number of carbonyl (C=O) groups excluding carboxylic acids is 1. The summed E-state index contributed by atoms with van der Waals surface area (Å²) in [5.41, 5.74) is 1.29. The van der Waals surface area contributed by atoms with E-state index >= 15 is 0 Å². The number of halogens is 1. The lowest BCUT2D eigenvalue weighted by Crippen LogP contribution is -3.14. The van der Waals surface area contributed by atoms with Gasteiger partial charge in [-0.05, 0) is 24.3 Å². The monoisotopic (exact) mass is 307 g/mol. The van der Waals surface area contributed by atoms with Gasteiger partial charge in [0.15, 0.2) is 5.78 Å². The molecular formula is C17H24FN2O2+. The second-order valence-corrected chi connectivity index (χ2v) is 5.82. The number of rotatable bonds is 6. The third-order valence-electron chi connectivity index (χ3n) is 3.76. The van der Waals surface area contributed by atoms with Crippen LogP contribution in [0, 0.1) is 5.82 Å². The highest BCUT2D eigenvalue weighted by molar-refractivity contribution is 6.08. The van der Waals surface area contributed by atoms with Gasteiger partial charge in [0, 0.05) is 37.9 Å². The number of carbonyl (C=O) groups is 1. The Morgan fingerprint density at radius 2 is 1.91 bits per heavy atom. The van der Waals surface area contributed by atoms with Gasteiger partial charge in [-0.15, -0.1) is 0 Å². The number of quaternary nitrogens is 1. The number of ether oxygens (including phenoxy) is 1. The quantitative estimate of drug-likeness (QED) is 0.622. The molecule has 22 heavy (non-hydrogen) atoms. The Kier molecular flexibility index (Phi) is 6.10. The van der Waals surface area contributed by atoms with Crippen LogP contribution in [0.5, 0.6) is 0 Å². The predicted molar refractivity (Wildman–Crippen MR) is 83.5 cm³/mol. The molecule has 0 aliphatic carbocycles. The Balaban J connectivity index is 2.05. The Labute approximate surface area is 131 Å². The van der Waals surface area contributed by atoms with Gasteiger partial charge in [-0.2, -0.15) is 0 Å². The molecule has 1 heterocycles.